The summed E-state index contributed by atoms with van der Waals surface area (Å²) in [6.45, 7) is 0. The van der Waals surface area contributed by atoms with Gasteiger partial charge in [-0.25, -0.2) is 0 Å². The van der Waals surface area contributed by atoms with E-state index < -0.39 is 6.04 Å². The number of rotatable bonds is 2. The Bertz CT molecular complexity index is 504. The van der Waals surface area contributed by atoms with E-state index in [0.717, 1.165) is 11.1 Å². The predicted molar refractivity (Wildman–Crippen MR) is 66.0 cm³/mol. The van der Waals surface area contributed by atoms with Crippen molar-refractivity contribution in [2.45, 2.75) is 12.5 Å². The fourth-order valence-electron chi connectivity index (χ4n) is 1.88. The third-order valence-corrected chi connectivity index (χ3v) is 2.89. The summed E-state index contributed by atoms with van der Waals surface area (Å²) in [5.41, 5.74) is 1.84. The molecule has 3 nitrogen and oxygen atoms in total. The van der Waals surface area contributed by atoms with E-state index in [1.807, 2.05) is 30.3 Å². The molecule has 1 unspecified atom stereocenters. The summed E-state index contributed by atoms with van der Waals surface area (Å²) in [5, 5.41) is 9.21. The first-order chi connectivity index (χ1) is 8.27. The van der Waals surface area contributed by atoms with E-state index in [1.165, 1.54) is 4.90 Å². The van der Waals surface area contributed by atoms with Crippen molar-refractivity contribution in [1.29, 1.82) is 5.26 Å². The lowest BCUT2D eigenvalue weighted by molar-refractivity contribution is -0.129. The molecule has 0 saturated carbocycles. The molecule has 0 bridgehead atoms. The molecule has 0 radical (unpaired) electrons. The van der Waals surface area contributed by atoms with Gasteiger partial charge in [-0.2, -0.15) is 5.26 Å². The van der Waals surface area contributed by atoms with E-state index in [-0.39, 0.29) is 18.2 Å². The summed E-state index contributed by atoms with van der Waals surface area (Å²) in [6, 6.07) is 9.19. The van der Waals surface area contributed by atoms with E-state index in [0.29, 0.717) is 0 Å². The number of carbonyl (C=O) groups excluding carboxylic acids is 1. The lowest BCUT2D eigenvalue weighted by atomic mass is 9.97. The van der Waals surface area contributed by atoms with Crippen LogP contribution in [0.5, 0.6) is 0 Å². The number of amides is 1. The zero-order valence-electron chi connectivity index (χ0n) is 9.14. The van der Waals surface area contributed by atoms with Crippen LogP contribution in [-0.4, -0.2) is 16.7 Å². The van der Waals surface area contributed by atoms with Crippen molar-refractivity contribution in [3.8, 4) is 6.07 Å². The maximum atomic E-state index is 11.8. The van der Waals surface area contributed by atoms with E-state index in [2.05, 4.69) is 6.07 Å². The molecule has 1 heterocycles. The minimum atomic E-state index is -0.549. The van der Waals surface area contributed by atoms with Gasteiger partial charge in [-0.05, 0) is 17.2 Å². The van der Waals surface area contributed by atoms with Crippen LogP contribution >= 0.6 is 11.6 Å². The first kappa shape index (κ1) is 11.7. The van der Waals surface area contributed by atoms with Gasteiger partial charge in [0.1, 0.15) is 6.04 Å². The molecule has 17 heavy (non-hydrogen) atoms. The van der Waals surface area contributed by atoms with E-state index in [1.54, 1.807) is 6.20 Å². The van der Waals surface area contributed by atoms with E-state index in [4.69, 9.17) is 11.6 Å². The molecule has 0 aromatic heterocycles. The Morgan fingerprint density at radius 1 is 1.47 bits per heavy atom. The first-order valence-corrected chi connectivity index (χ1v) is 5.85. The fraction of sp³-hybridized carbons (Fsp3) is 0.231. The molecule has 0 N–H and O–H groups in total. The van der Waals surface area contributed by atoms with Crippen molar-refractivity contribution >= 4 is 23.6 Å². The summed E-state index contributed by atoms with van der Waals surface area (Å²) in [4.78, 5) is 13.3. The first-order valence-electron chi connectivity index (χ1n) is 5.32. The second-order valence-electron chi connectivity index (χ2n) is 3.72. The number of nitriles is 1. The Morgan fingerprint density at radius 2 is 2.24 bits per heavy atom. The SMILES string of the molecule is N#CC1c2ccccc2C=CN1C(=O)CCCl. The zero-order chi connectivity index (χ0) is 12.3. The van der Waals surface area contributed by atoms with Crippen molar-refractivity contribution in [1.82, 2.24) is 4.90 Å². The molecule has 4 heteroatoms. The topological polar surface area (TPSA) is 44.1 Å². The van der Waals surface area contributed by atoms with Crippen LogP contribution in [0.25, 0.3) is 6.08 Å². The van der Waals surface area contributed by atoms with Crippen molar-refractivity contribution in [3.63, 3.8) is 0 Å². The van der Waals surface area contributed by atoms with Crippen LogP contribution in [0.15, 0.2) is 30.5 Å². The lowest BCUT2D eigenvalue weighted by Crippen LogP contribution is -2.31. The highest BCUT2D eigenvalue weighted by Crippen LogP contribution is 2.29. The van der Waals surface area contributed by atoms with E-state index >= 15 is 0 Å². The van der Waals surface area contributed by atoms with Gasteiger partial charge < -0.3 is 0 Å². The number of hydrogen-bond donors (Lipinski definition) is 0. The average Bonchev–Trinajstić information content (AvgIpc) is 2.37. The van der Waals surface area contributed by atoms with Crippen LogP contribution in [0, 0.1) is 11.3 Å². The van der Waals surface area contributed by atoms with Crippen LogP contribution in [0.4, 0.5) is 0 Å². The van der Waals surface area contributed by atoms with Crippen molar-refractivity contribution in [2.24, 2.45) is 0 Å². The maximum absolute atomic E-state index is 11.8. The second kappa shape index (κ2) is 5.03. The smallest absolute Gasteiger partial charge is 0.229 e. The largest absolute Gasteiger partial charge is 0.298 e. The molecule has 0 saturated heterocycles. The Hall–Kier alpha value is -1.79. The summed E-state index contributed by atoms with van der Waals surface area (Å²) in [7, 11) is 0. The standard InChI is InChI=1S/C13H11ClN2O/c14-7-5-13(17)16-8-6-10-3-1-2-4-11(10)12(16)9-15/h1-4,6,8,12H,5,7H2. The molecule has 1 aliphatic rings. The molecule has 2 rings (SSSR count). The zero-order valence-corrected chi connectivity index (χ0v) is 9.89. The Kier molecular flexibility index (Phi) is 3.46. The normalized spacial score (nSPS) is 17.4. The number of alkyl halides is 1. The monoisotopic (exact) mass is 246 g/mol. The minimum Gasteiger partial charge on any atom is -0.298 e. The molecular formula is C13H11ClN2O. The molecule has 1 atom stereocenters. The summed E-state index contributed by atoms with van der Waals surface area (Å²) in [6.07, 6.45) is 3.74. The maximum Gasteiger partial charge on any atom is 0.229 e. The highest BCUT2D eigenvalue weighted by molar-refractivity contribution is 6.18. The summed E-state index contributed by atoms with van der Waals surface area (Å²) < 4.78 is 0. The van der Waals surface area contributed by atoms with Crippen molar-refractivity contribution in [3.05, 3.63) is 41.6 Å². The van der Waals surface area contributed by atoms with Crippen LogP contribution in [0.1, 0.15) is 23.6 Å². The Balaban J connectivity index is 2.36. The van der Waals surface area contributed by atoms with Crippen LogP contribution in [-0.2, 0) is 4.79 Å². The summed E-state index contributed by atoms with van der Waals surface area (Å²) in [5.74, 6) is 0.139. The van der Waals surface area contributed by atoms with Crippen LogP contribution in [0.3, 0.4) is 0 Å². The van der Waals surface area contributed by atoms with E-state index in [9.17, 15) is 10.1 Å². The van der Waals surface area contributed by atoms with Gasteiger partial charge in [-0.1, -0.05) is 24.3 Å². The fourth-order valence-corrected chi connectivity index (χ4v) is 2.04. The van der Waals surface area contributed by atoms with Gasteiger partial charge in [0.25, 0.3) is 0 Å². The van der Waals surface area contributed by atoms with Crippen molar-refractivity contribution < 1.29 is 4.79 Å². The van der Waals surface area contributed by atoms with Crippen LogP contribution < -0.4 is 0 Å². The van der Waals surface area contributed by atoms with Gasteiger partial charge in [-0.3, -0.25) is 9.69 Å². The van der Waals surface area contributed by atoms with Crippen LogP contribution in [0.2, 0.25) is 0 Å². The van der Waals surface area contributed by atoms with Gasteiger partial charge in [0.2, 0.25) is 5.91 Å². The van der Waals surface area contributed by atoms with Gasteiger partial charge >= 0.3 is 0 Å². The predicted octanol–water partition coefficient (Wildman–Crippen LogP) is 2.69. The quantitative estimate of drug-likeness (QED) is 0.753. The third kappa shape index (κ3) is 2.17. The molecular weight excluding hydrogens is 236 g/mol. The molecule has 0 fully saturated rings. The Morgan fingerprint density at radius 3 is 2.94 bits per heavy atom. The minimum absolute atomic E-state index is 0.127. The number of nitrogens with zero attached hydrogens (tertiary/aromatic N) is 2. The molecule has 1 amide bonds. The highest BCUT2D eigenvalue weighted by atomic mass is 35.5. The molecule has 86 valence electrons. The number of benzene rings is 1. The van der Waals surface area contributed by atoms with Crippen molar-refractivity contribution in [2.75, 3.05) is 5.88 Å². The highest BCUT2D eigenvalue weighted by Gasteiger charge is 2.26. The molecule has 1 aromatic rings. The van der Waals surface area contributed by atoms with Gasteiger partial charge in [-0.15, -0.1) is 11.6 Å². The number of halogens is 1. The Labute approximate surface area is 105 Å². The van der Waals surface area contributed by atoms with Gasteiger partial charge in [0.15, 0.2) is 0 Å². The molecule has 1 aliphatic heterocycles. The number of carbonyl (C=O) groups is 1. The third-order valence-electron chi connectivity index (χ3n) is 2.70. The number of fused-ring (bicyclic) bond motifs is 1. The number of hydrogen-bond acceptors (Lipinski definition) is 2. The average molecular weight is 247 g/mol. The lowest BCUT2D eigenvalue weighted by Gasteiger charge is -2.28. The molecule has 0 spiro atoms. The molecule has 0 aliphatic carbocycles. The summed E-state index contributed by atoms with van der Waals surface area (Å²) >= 11 is 5.55. The van der Waals surface area contributed by atoms with Gasteiger partial charge in [0.05, 0.1) is 6.07 Å². The molecule has 1 aromatic carbocycles. The second-order valence-corrected chi connectivity index (χ2v) is 4.09. The van der Waals surface area contributed by atoms with Gasteiger partial charge in [0, 0.05) is 18.5 Å².